The molecule has 1 aromatic rings. The van der Waals surface area contributed by atoms with Crippen molar-refractivity contribution in [1.29, 1.82) is 0 Å². The number of carbonyl (C=O) groups is 1. The van der Waals surface area contributed by atoms with Crippen molar-refractivity contribution in [2.24, 2.45) is 0 Å². The van der Waals surface area contributed by atoms with Crippen LogP contribution in [0.15, 0.2) is 18.2 Å². The number of piperidine rings is 1. The zero-order valence-corrected chi connectivity index (χ0v) is 18.5. The first-order valence-corrected chi connectivity index (χ1v) is 12.2. The highest BCUT2D eigenvalue weighted by Crippen LogP contribution is 2.34. The van der Waals surface area contributed by atoms with E-state index in [1.54, 1.807) is 0 Å². The Bertz CT molecular complexity index is 702. The molecule has 4 rings (SSSR count). The highest BCUT2D eigenvalue weighted by molar-refractivity contribution is 7.99. The van der Waals surface area contributed by atoms with Crippen LogP contribution >= 0.6 is 23.4 Å². The van der Waals surface area contributed by atoms with Gasteiger partial charge in [0.1, 0.15) is 0 Å². The minimum atomic E-state index is -0.170. The second-order valence-electron chi connectivity index (χ2n) is 8.15. The lowest BCUT2D eigenvalue weighted by Gasteiger charge is -2.43. The number of hydrogen-bond acceptors (Lipinski definition) is 5. The number of morpholine rings is 1. The molecule has 160 valence electrons. The maximum absolute atomic E-state index is 12.6. The van der Waals surface area contributed by atoms with Crippen LogP contribution in [0.3, 0.4) is 0 Å². The first-order valence-electron chi connectivity index (χ1n) is 10.7. The molecule has 3 heterocycles. The Balaban J connectivity index is 1.33. The number of amides is 2. The molecule has 0 spiro atoms. The number of ether oxygens (including phenoxy) is 1. The van der Waals surface area contributed by atoms with Gasteiger partial charge < -0.3 is 20.3 Å². The lowest BCUT2D eigenvalue weighted by atomic mass is 9.95. The smallest absolute Gasteiger partial charge is 0.319 e. The molecule has 0 bridgehead atoms. The zero-order valence-electron chi connectivity index (χ0n) is 16.9. The van der Waals surface area contributed by atoms with Gasteiger partial charge >= 0.3 is 6.03 Å². The second kappa shape index (κ2) is 9.77. The number of thioether (sulfide) groups is 1. The van der Waals surface area contributed by atoms with Gasteiger partial charge in [0, 0.05) is 49.7 Å². The summed E-state index contributed by atoms with van der Waals surface area (Å²) in [7, 11) is 0. The Hall–Kier alpha value is -1.15. The number of nitrogens with zero attached hydrogens (tertiary/aromatic N) is 2. The third-order valence-electron chi connectivity index (χ3n) is 6.24. The van der Waals surface area contributed by atoms with E-state index in [9.17, 15) is 4.79 Å². The number of halogens is 1. The fourth-order valence-corrected chi connectivity index (χ4v) is 6.31. The first kappa shape index (κ1) is 21.1. The average molecular weight is 439 g/mol. The molecule has 0 radical (unpaired) electrons. The van der Waals surface area contributed by atoms with Crippen molar-refractivity contribution in [3.8, 4) is 0 Å². The van der Waals surface area contributed by atoms with E-state index in [-0.39, 0.29) is 11.6 Å². The lowest BCUT2D eigenvalue weighted by molar-refractivity contribution is -0.0123. The van der Waals surface area contributed by atoms with Crippen LogP contribution in [0.5, 0.6) is 0 Å². The minimum absolute atomic E-state index is 0.0432. The summed E-state index contributed by atoms with van der Waals surface area (Å²) in [5, 5.41) is 6.76. The Morgan fingerprint density at radius 2 is 1.97 bits per heavy atom. The normalized spacial score (nSPS) is 25.8. The number of carbonyl (C=O) groups excluding carboxylic acids is 1. The van der Waals surface area contributed by atoms with Gasteiger partial charge in [0.2, 0.25) is 0 Å². The van der Waals surface area contributed by atoms with E-state index in [1.807, 2.05) is 30.0 Å². The molecule has 0 saturated carbocycles. The van der Waals surface area contributed by atoms with Crippen LogP contribution in [-0.4, -0.2) is 73.9 Å². The van der Waals surface area contributed by atoms with E-state index in [0.29, 0.717) is 11.6 Å². The zero-order chi connectivity index (χ0) is 20.1. The van der Waals surface area contributed by atoms with E-state index in [4.69, 9.17) is 16.3 Å². The quantitative estimate of drug-likeness (QED) is 0.734. The largest absolute Gasteiger partial charge is 0.379 e. The number of anilines is 2. The van der Waals surface area contributed by atoms with Crippen molar-refractivity contribution in [3.05, 3.63) is 23.2 Å². The van der Waals surface area contributed by atoms with Gasteiger partial charge in [0.15, 0.2) is 0 Å². The van der Waals surface area contributed by atoms with Crippen molar-refractivity contribution in [1.82, 2.24) is 10.2 Å². The Morgan fingerprint density at radius 3 is 2.66 bits per heavy atom. The van der Waals surface area contributed by atoms with Crippen LogP contribution < -0.4 is 15.5 Å². The molecule has 2 amide bonds. The van der Waals surface area contributed by atoms with E-state index in [1.165, 1.54) is 19.3 Å². The van der Waals surface area contributed by atoms with Gasteiger partial charge in [-0.3, -0.25) is 4.90 Å². The van der Waals surface area contributed by atoms with E-state index in [2.05, 4.69) is 20.4 Å². The molecule has 29 heavy (non-hydrogen) atoms. The van der Waals surface area contributed by atoms with Gasteiger partial charge in [0.05, 0.1) is 23.9 Å². The van der Waals surface area contributed by atoms with Crippen LogP contribution in [-0.2, 0) is 4.74 Å². The van der Waals surface area contributed by atoms with Crippen LogP contribution in [0, 0.1) is 0 Å². The van der Waals surface area contributed by atoms with Gasteiger partial charge in [0.25, 0.3) is 0 Å². The van der Waals surface area contributed by atoms with Crippen molar-refractivity contribution in [2.45, 2.75) is 31.2 Å². The maximum Gasteiger partial charge on any atom is 0.319 e. The molecule has 6 nitrogen and oxygen atoms in total. The monoisotopic (exact) mass is 438 g/mol. The molecule has 2 N–H and O–H groups in total. The predicted molar refractivity (Wildman–Crippen MR) is 122 cm³/mol. The highest BCUT2D eigenvalue weighted by Gasteiger charge is 2.40. The summed E-state index contributed by atoms with van der Waals surface area (Å²) in [5.74, 6) is 2.21. The fourth-order valence-electron chi connectivity index (χ4n) is 4.53. The fraction of sp³-hybridized carbons (Fsp3) is 0.667. The van der Waals surface area contributed by atoms with Gasteiger partial charge in [-0.25, -0.2) is 4.79 Å². The van der Waals surface area contributed by atoms with Gasteiger partial charge in [-0.1, -0.05) is 11.6 Å². The van der Waals surface area contributed by atoms with Crippen molar-refractivity contribution < 1.29 is 9.53 Å². The van der Waals surface area contributed by atoms with E-state index < -0.39 is 0 Å². The Morgan fingerprint density at radius 1 is 1.17 bits per heavy atom. The molecule has 0 aromatic heterocycles. The van der Waals surface area contributed by atoms with Gasteiger partial charge in [-0.05, 0) is 49.6 Å². The van der Waals surface area contributed by atoms with Crippen LogP contribution in [0.2, 0.25) is 5.02 Å². The number of nitrogens with one attached hydrogen (secondary N) is 2. The number of hydrogen-bond donors (Lipinski definition) is 2. The topological polar surface area (TPSA) is 56.8 Å². The first-order chi connectivity index (χ1) is 14.2. The average Bonchev–Trinajstić information content (AvgIpc) is 3.24. The summed E-state index contributed by atoms with van der Waals surface area (Å²) < 4.78 is 5.51. The number of benzene rings is 1. The van der Waals surface area contributed by atoms with Gasteiger partial charge in [-0.2, -0.15) is 11.8 Å². The van der Waals surface area contributed by atoms with Crippen LogP contribution in [0.25, 0.3) is 0 Å². The van der Waals surface area contributed by atoms with Crippen molar-refractivity contribution in [3.63, 3.8) is 0 Å². The van der Waals surface area contributed by atoms with Gasteiger partial charge in [-0.15, -0.1) is 0 Å². The molecular formula is C21H31ClN4O2S. The Kier molecular flexibility index (Phi) is 7.11. The third-order valence-corrected chi connectivity index (χ3v) is 7.78. The minimum Gasteiger partial charge on any atom is -0.379 e. The second-order valence-corrected chi connectivity index (χ2v) is 9.66. The van der Waals surface area contributed by atoms with Crippen LogP contribution in [0.4, 0.5) is 16.2 Å². The number of urea groups is 1. The molecule has 3 aliphatic rings. The van der Waals surface area contributed by atoms with Crippen molar-refractivity contribution >= 4 is 40.8 Å². The molecule has 1 unspecified atom stereocenters. The molecule has 3 aliphatic heterocycles. The Labute approximate surface area is 182 Å². The molecule has 8 heteroatoms. The standard InChI is InChI=1S/C21H31ClN4O2S/c22-18-14-17(4-5-19(18)25-7-2-1-3-8-25)24-20(27)23-15-21(6-13-29-16-21)26-9-11-28-12-10-26/h4-5,14H,1-3,6-13,15-16H2,(H2,23,24,27). The summed E-state index contributed by atoms with van der Waals surface area (Å²) in [4.78, 5) is 17.4. The molecule has 3 fully saturated rings. The highest BCUT2D eigenvalue weighted by atomic mass is 35.5. The molecule has 0 aliphatic carbocycles. The number of rotatable bonds is 5. The molecular weight excluding hydrogens is 408 g/mol. The van der Waals surface area contributed by atoms with Crippen LogP contribution in [0.1, 0.15) is 25.7 Å². The predicted octanol–water partition coefficient (Wildman–Crippen LogP) is 3.66. The van der Waals surface area contributed by atoms with E-state index >= 15 is 0 Å². The molecule has 3 saturated heterocycles. The van der Waals surface area contributed by atoms with E-state index in [0.717, 1.165) is 68.7 Å². The SMILES string of the molecule is O=C(NCC1(N2CCOCC2)CCSC1)Nc1ccc(N2CCCCC2)c(Cl)c1. The maximum atomic E-state index is 12.6. The third kappa shape index (κ3) is 5.13. The summed E-state index contributed by atoms with van der Waals surface area (Å²) in [6, 6.07) is 5.65. The summed E-state index contributed by atoms with van der Waals surface area (Å²) in [6.45, 7) is 6.20. The lowest BCUT2D eigenvalue weighted by Crippen LogP contribution is -2.59. The molecule has 1 aromatic carbocycles. The molecule has 1 atom stereocenters. The summed E-state index contributed by atoms with van der Waals surface area (Å²) in [5.41, 5.74) is 1.84. The van der Waals surface area contributed by atoms with Crippen molar-refractivity contribution in [2.75, 3.05) is 67.7 Å². The summed E-state index contributed by atoms with van der Waals surface area (Å²) >= 11 is 8.49. The summed E-state index contributed by atoms with van der Waals surface area (Å²) in [6.07, 6.45) is 4.82.